The fourth-order valence-electron chi connectivity index (χ4n) is 11.1. The molecule has 33 heteroatoms. The van der Waals surface area contributed by atoms with Crippen molar-refractivity contribution >= 4 is 83.6 Å². The zero-order chi connectivity index (χ0) is 84.7. The first-order chi connectivity index (χ1) is 55.0. The third-order valence-corrected chi connectivity index (χ3v) is 16.2. The molecule has 116 heavy (non-hydrogen) atoms. The third kappa shape index (κ3) is 31.2. The molecular formula is C83H78O33. The number of carbonyl (C=O) groups is 14. The molecule has 0 spiro atoms. The molecule has 33 nitrogen and oxygen atoms in total. The molecule has 0 unspecified atom stereocenters. The van der Waals surface area contributed by atoms with Crippen LogP contribution in [0.2, 0.25) is 0 Å². The van der Waals surface area contributed by atoms with Gasteiger partial charge < -0.3 is 94.4 Å². The van der Waals surface area contributed by atoms with Gasteiger partial charge in [-0.15, -0.1) is 0 Å². The number of aromatic hydroxyl groups is 6. The second-order valence-electron chi connectivity index (χ2n) is 25.9. The minimum Gasteiger partial charge on any atom is -0.508 e. The Morgan fingerprint density at radius 3 is 0.526 bits per heavy atom. The number of hydrogen-bond acceptors (Lipinski definition) is 27. The Labute approximate surface area is 658 Å². The van der Waals surface area contributed by atoms with Crippen LogP contribution in [0.4, 0.5) is 0 Å². The molecule has 1 aliphatic heterocycles. The number of aliphatic carboxylic acids is 6. The standard InChI is InChI=1S/C54H54O24.C24H18O6.C5H6O3/c55-43(56)7-1-13-49(67)73-37-22-34(23-38(28-37)74-50(68)14-2-8-44(57)58)31-19-32(35-24-39(75-51(69)15-3-9-45(59)60)29-40(25-35)76-52(70)16-4-10-46(61)62)21-33(20-31)36-26-41(77-53(71)17-5-11-47(63)64)30-42(27-36)78-54(72)18-6-12-48(65)66;25-19-4-16(5-20(26)10-19)13-1-14(17-6-21(27)11-22(28)7-17)3-15(2-13)18-8-23(29)12-24(30)9-18;6-4-2-1-3-5(7)8-4/h19-30H,1-18H2,(H,55,56)(H,57,58)(H,59,60)(H,61,62)(H,63,64)(H,65,66);1-12,25-30H;1-3H2. The molecule has 9 rings (SSSR count). The van der Waals surface area contributed by atoms with Crippen LogP contribution in [0, 0.1) is 0 Å². The Bertz CT molecular complexity index is 4310. The molecule has 0 aliphatic carbocycles. The molecule has 1 heterocycles. The Balaban J connectivity index is 0.000000395. The van der Waals surface area contributed by atoms with Gasteiger partial charge in [0.2, 0.25) is 0 Å². The zero-order valence-corrected chi connectivity index (χ0v) is 61.6. The third-order valence-electron chi connectivity index (χ3n) is 16.2. The molecule has 0 aromatic heterocycles. The van der Waals surface area contributed by atoms with Crippen molar-refractivity contribution < 1.29 is 162 Å². The summed E-state index contributed by atoms with van der Waals surface area (Å²) in [5, 5.41) is 114. The summed E-state index contributed by atoms with van der Waals surface area (Å²) in [7, 11) is 0. The zero-order valence-electron chi connectivity index (χ0n) is 61.6. The number of cyclic esters (lactones) is 2. The smallest absolute Gasteiger partial charge is 0.313 e. The Kier molecular flexibility index (Phi) is 33.0. The maximum atomic E-state index is 13.0. The number of ether oxygens (including phenoxy) is 7. The summed E-state index contributed by atoms with van der Waals surface area (Å²) in [6.07, 6.45) is -3.42. The van der Waals surface area contributed by atoms with Gasteiger partial charge in [-0.2, -0.15) is 0 Å². The molecule has 0 radical (unpaired) electrons. The van der Waals surface area contributed by atoms with Gasteiger partial charge in [0.15, 0.2) is 0 Å². The molecule has 12 N–H and O–H groups in total. The van der Waals surface area contributed by atoms with E-state index in [1.807, 2.05) is 0 Å². The molecule has 608 valence electrons. The predicted molar refractivity (Wildman–Crippen MR) is 403 cm³/mol. The average Bonchev–Trinajstić information content (AvgIpc) is 0.792. The highest BCUT2D eigenvalue weighted by molar-refractivity contribution is 5.90. The van der Waals surface area contributed by atoms with E-state index in [4.69, 9.17) is 59.1 Å². The van der Waals surface area contributed by atoms with E-state index in [9.17, 15) is 97.8 Å². The van der Waals surface area contributed by atoms with E-state index in [1.54, 1.807) is 18.2 Å². The molecule has 8 aromatic rings. The predicted octanol–water partition coefficient (Wildman–Crippen LogP) is 12.8. The van der Waals surface area contributed by atoms with Gasteiger partial charge in [-0.05, 0) is 221 Å². The molecule has 0 amide bonds. The average molecular weight is 1600 g/mol. The number of carboxylic acid groups (broad SMARTS) is 6. The minimum atomic E-state index is -1.17. The van der Waals surface area contributed by atoms with Crippen LogP contribution in [-0.4, -0.2) is 145 Å². The lowest BCUT2D eigenvalue weighted by molar-refractivity contribution is -0.163. The van der Waals surface area contributed by atoms with Crippen molar-refractivity contribution in [2.24, 2.45) is 0 Å². The number of rotatable bonds is 36. The maximum Gasteiger partial charge on any atom is 0.313 e. The van der Waals surface area contributed by atoms with Gasteiger partial charge in [0.1, 0.15) is 69.0 Å². The Hall–Kier alpha value is -14.7. The van der Waals surface area contributed by atoms with Crippen molar-refractivity contribution in [1.82, 2.24) is 0 Å². The summed E-state index contributed by atoms with van der Waals surface area (Å²) in [5.74, 6) is -15.0. The fraction of sp³-hybridized carbons (Fsp3) is 0.253. The van der Waals surface area contributed by atoms with Crippen molar-refractivity contribution in [3.05, 3.63) is 146 Å². The quantitative estimate of drug-likeness (QED) is 0.00985. The number of phenolic OH excluding ortho intramolecular Hbond substituents is 6. The van der Waals surface area contributed by atoms with Crippen LogP contribution in [0.5, 0.6) is 69.0 Å². The topological polar surface area (TPSA) is 546 Å². The largest absolute Gasteiger partial charge is 0.508 e. The minimum absolute atomic E-state index is 0.0998. The van der Waals surface area contributed by atoms with Gasteiger partial charge in [-0.1, -0.05) is 0 Å². The maximum absolute atomic E-state index is 13.0. The summed E-state index contributed by atoms with van der Waals surface area (Å²) in [5.41, 5.74) is 4.47. The molecule has 0 atom stereocenters. The number of phenols is 6. The fourth-order valence-corrected chi connectivity index (χ4v) is 11.1. The van der Waals surface area contributed by atoms with Gasteiger partial charge in [-0.3, -0.25) is 67.1 Å². The number of benzene rings is 8. The van der Waals surface area contributed by atoms with E-state index < -0.39 is 71.6 Å². The molecule has 1 aliphatic rings. The lowest BCUT2D eigenvalue weighted by Crippen LogP contribution is -2.17. The monoisotopic (exact) mass is 1600 g/mol. The van der Waals surface area contributed by atoms with Gasteiger partial charge >= 0.3 is 83.6 Å². The van der Waals surface area contributed by atoms with Crippen LogP contribution in [-0.2, 0) is 71.9 Å². The van der Waals surface area contributed by atoms with Crippen molar-refractivity contribution in [3.63, 3.8) is 0 Å². The molecule has 8 aromatic carbocycles. The SMILES string of the molecule is O=C(O)CCCC(=O)Oc1cc(OC(=O)CCCC(=O)O)cc(-c2cc(-c3cc(OC(=O)CCCC(=O)O)cc(OC(=O)CCCC(=O)O)c3)cc(-c3cc(OC(=O)CCCC(=O)O)cc(OC(=O)CCCC(=O)O)c3)c2)c1.O=C1CCCC(=O)O1.Oc1cc(O)cc(-c2cc(-c3cc(O)cc(O)c3)cc(-c3cc(O)cc(O)c3)c2)c1. The van der Waals surface area contributed by atoms with Gasteiger partial charge in [-0.25, -0.2) is 0 Å². The first kappa shape index (κ1) is 88.6. The molecule has 1 fully saturated rings. The first-order valence-electron chi connectivity index (χ1n) is 35.7. The molecule has 1 saturated heterocycles. The van der Waals surface area contributed by atoms with E-state index in [0.717, 1.165) is 0 Å². The highest BCUT2D eigenvalue weighted by Crippen LogP contribution is 2.43. The molecular weight excluding hydrogens is 1520 g/mol. The van der Waals surface area contributed by atoms with Crippen LogP contribution >= 0.6 is 0 Å². The summed E-state index contributed by atoms with van der Waals surface area (Å²) in [6.45, 7) is 0. The normalized spacial score (nSPS) is 11.3. The Morgan fingerprint density at radius 2 is 0.379 bits per heavy atom. The van der Waals surface area contributed by atoms with Crippen LogP contribution in [0.3, 0.4) is 0 Å². The van der Waals surface area contributed by atoms with Crippen LogP contribution in [0.15, 0.2) is 146 Å². The number of carbonyl (C=O) groups excluding carboxylic acids is 8. The van der Waals surface area contributed by atoms with Gasteiger partial charge in [0.05, 0.1) is 0 Å². The highest BCUT2D eigenvalue weighted by Gasteiger charge is 2.23. The summed E-state index contributed by atoms with van der Waals surface area (Å²) in [6, 6.07) is 34.1. The van der Waals surface area contributed by atoms with Gasteiger partial charge in [0, 0.05) is 126 Å². The number of esters is 8. The summed E-state index contributed by atoms with van der Waals surface area (Å²) in [4.78, 5) is 166. The van der Waals surface area contributed by atoms with Crippen molar-refractivity contribution in [1.29, 1.82) is 0 Å². The van der Waals surface area contributed by atoms with E-state index >= 15 is 0 Å². The van der Waals surface area contributed by atoms with Crippen LogP contribution in [0.1, 0.15) is 135 Å². The lowest BCUT2D eigenvalue weighted by atomic mass is 9.92. The lowest BCUT2D eigenvalue weighted by Gasteiger charge is -2.16. The summed E-state index contributed by atoms with van der Waals surface area (Å²) >= 11 is 0. The van der Waals surface area contributed by atoms with E-state index in [1.165, 1.54) is 127 Å². The van der Waals surface area contributed by atoms with E-state index in [2.05, 4.69) is 4.74 Å². The van der Waals surface area contributed by atoms with Crippen LogP contribution in [0.25, 0.3) is 66.8 Å². The second-order valence-corrected chi connectivity index (χ2v) is 25.9. The first-order valence-corrected chi connectivity index (χ1v) is 35.7. The number of carboxylic acids is 6. The van der Waals surface area contributed by atoms with Crippen molar-refractivity contribution in [2.45, 2.75) is 135 Å². The van der Waals surface area contributed by atoms with E-state index in [0.29, 0.717) is 52.6 Å². The highest BCUT2D eigenvalue weighted by atomic mass is 16.6. The molecule has 0 bridgehead atoms. The van der Waals surface area contributed by atoms with Crippen molar-refractivity contribution in [2.75, 3.05) is 0 Å². The van der Waals surface area contributed by atoms with E-state index in [-0.39, 0.29) is 230 Å². The second kappa shape index (κ2) is 43.2. The van der Waals surface area contributed by atoms with Crippen LogP contribution < -0.4 is 28.4 Å². The Morgan fingerprint density at radius 1 is 0.224 bits per heavy atom. The number of hydrogen-bond donors (Lipinski definition) is 12. The molecule has 0 saturated carbocycles. The van der Waals surface area contributed by atoms with Gasteiger partial charge in [0.25, 0.3) is 0 Å². The van der Waals surface area contributed by atoms with Crippen molar-refractivity contribution in [3.8, 4) is 136 Å². The summed E-state index contributed by atoms with van der Waals surface area (Å²) < 4.78 is 37.6.